The Bertz CT molecular complexity index is 357. The molecular weight excluding hydrogens is 216 g/mol. The predicted molar refractivity (Wildman–Crippen MR) is 70.6 cm³/mol. The van der Waals surface area contributed by atoms with Gasteiger partial charge in [-0.25, -0.2) is 0 Å². The van der Waals surface area contributed by atoms with E-state index in [-0.39, 0.29) is 6.04 Å². The highest BCUT2D eigenvalue weighted by Gasteiger charge is 2.14. The van der Waals surface area contributed by atoms with E-state index < -0.39 is 0 Å². The van der Waals surface area contributed by atoms with Crippen LogP contribution >= 0.6 is 11.3 Å². The van der Waals surface area contributed by atoms with Crippen LogP contribution in [0, 0.1) is 5.92 Å². The molecule has 0 amide bonds. The molecule has 1 heterocycles. The van der Waals surface area contributed by atoms with E-state index in [4.69, 9.17) is 5.73 Å². The van der Waals surface area contributed by atoms with E-state index in [1.165, 1.54) is 9.75 Å². The van der Waals surface area contributed by atoms with Crippen molar-refractivity contribution in [3.63, 3.8) is 0 Å². The molecule has 0 aliphatic heterocycles. The Kier molecular flexibility index (Phi) is 4.16. The average Bonchev–Trinajstić information content (AvgIpc) is 2.88. The summed E-state index contributed by atoms with van der Waals surface area (Å²) in [7, 11) is 0. The fourth-order valence-corrected chi connectivity index (χ4v) is 2.97. The average molecular weight is 236 g/mol. The van der Waals surface area contributed by atoms with Gasteiger partial charge < -0.3 is 11.1 Å². The molecule has 3 N–H and O–H groups in total. The molecule has 2 nitrogen and oxygen atoms in total. The molecule has 2 unspecified atom stereocenters. The van der Waals surface area contributed by atoms with Crippen LogP contribution in [0.1, 0.15) is 23.1 Å². The minimum atomic E-state index is 0.278. The molecule has 2 rings (SSSR count). The van der Waals surface area contributed by atoms with Crippen molar-refractivity contribution in [3.8, 4) is 0 Å². The highest BCUT2D eigenvalue weighted by atomic mass is 32.1. The van der Waals surface area contributed by atoms with Crippen LogP contribution in [0.5, 0.6) is 0 Å². The highest BCUT2D eigenvalue weighted by molar-refractivity contribution is 7.11. The lowest BCUT2D eigenvalue weighted by atomic mass is 10.1. The largest absolute Gasteiger partial charge is 0.324 e. The van der Waals surface area contributed by atoms with E-state index in [0.717, 1.165) is 25.9 Å². The van der Waals surface area contributed by atoms with Gasteiger partial charge in [0.25, 0.3) is 0 Å². The molecule has 3 heteroatoms. The van der Waals surface area contributed by atoms with E-state index in [1.807, 2.05) is 11.3 Å². The first-order valence-corrected chi connectivity index (χ1v) is 6.81. The Morgan fingerprint density at radius 3 is 2.81 bits per heavy atom. The van der Waals surface area contributed by atoms with Crippen LogP contribution < -0.4 is 11.1 Å². The second kappa shape index (κ2) is 5.62. The van der Waals surface area contributed by atoms with Gasteiger partial charge in [0.15, 0.2) is 0 Å². The Morgan fingerprint density at radius 1 is 1.38 bits per heavy atom. The predicted octanol–water partition coefficient (Wildman–Crippen LogP) is 2.30. The number of hydrogen-bond acceptors (Lipinski definition) is 3. The first-order chi connectivity index (χ1) is 7.78. The maximum absolute atomic E-state index is 5.82. The van der Waals surface area contributed by atoms with Gasteiger partial charge in [0.2, 0.25) is 0 Å². The number of nitrogens with two attached hydrogens (primary N) is 1. The molecule has 0 spiro atoms. The first-order valence-electron chi connectivity index (χ1n) is 6.00. The zero-order valence-corrected chi connectivity index (χ0v) is 10.6. The molecular formula is C13H20N2S. The van der Waals surface area contributed by atoms with Gasteiger partial charge in [-0.15, -0.1) is 11.3 Å². The summed E-state index contributed by atoms with van der Waals surface area (Å²) in [5.41, 5.74) is 5.82. The number of hydrogen-bond donors (Lipinski definition) is 2. The van der Waals surface area contributed by atoms with Crippen LogP contribution in [0.2, 0.25) is 0 Å². The van der Waals surface area contributed by atoms with Crippen molar-refractivity contribution in [1.82, 2.24) is 5.32 Å². The van der Waals surface area contributed by atoms with E-state index in [0.29, 0.717) is 5.92 Å². The normalized spacial score (nSPS) is 24.1. The SMILES string of the molecule is CCc1ccc(CNCC2C=CC(N)C2)s1. The Hall–Kier alpha value is -0.640. The Balaban J connectivity index is 1.70. The lowest BCUT2D eigenvalue weighted by molar-refractivity contribution is 0.529. The Morgan fingerprint density at radius 2 is 2.19 bits per heavy atom. The van der Waals surface area contributed by atoms with Gasteiger partial charge in [0.05, 0.1) is 0 Å². The third kappa shape index (κ3) is 3.17. The fraction of sp³-hybridized carbons (Fsp3) is 0.538. The van der Waals surface area contributed by atoms with Crippen LogP contribution in [0.3, 0.4) is 0 Å². The van der Waals surface area contributed by atoms with Crippen molar-refractivity contribution in [1.29, 1.82) is 0 Å². The summed E-state index contributed by atoms with van der Waals surface area (Å²) in [6, 6.07) is 4.74. The molecule has 1 aliphatic rings. The van der Waals surface area contributed by atoms with E-state index in [2.05, 4.69) is 36.5 Å². The summed E-state index contributed by atoms with van der Waals surface area (Å²) in [6.07, 6.45) is 6.60. The molecule has 16 heavy (non-hydrogen) atoms. The van der Waals surface area contributed by atoms with Crippen molar-refractivity contribution in [3.05, 3.63) is 34.0 Å². The van der Waals surface area contributed by atoms with Gasteiger partial charge in [-0.2, -0.15) is 0 Å². The van der Waals surface area contributed by atoms with Crippen LogP contribution in [-0.2, 0) is 13.0 Å². The molecule has 0 radical (unpaired) electrons. The summed E-state index contributed by atoms with van der Waals surface area (Å²) in [6.45, 7) is 4.24. The molecule has 1 aromatic heterocycles. The van der Waals surface area contributed by atoms with Crippen LogP contribution in [0.25, 0.3) is 0 Å². The van der Waals surface area contributed by atoms with E-state index in [1.54, 1.807) is 0 Å². The molecule has 2 atom stereocenters. The fourth-order valence-electron chi connectivity index (χ4n) is 2.05. The zero-order chi connectivity index (χ0) is 11.4. The molecule has 0 fully saturated rings. The zero-order valence-electron chi connectivity index (χ0n) is 9.78. The summed E-state index contributed by atoms with van der Waals surface area (Å²) < 4.78 is 0. The lowest BCUT2D eigenvalue weighted by Gasteiger charge is -2.09. The maximum atomic E-state index is 5.82. The molecule has 0 bridgehead atoms. The van der Waals surface area contributed by atoms with Gasteiger partial charge in [-0.05, 0) is 30.9 Å². The summed E-state index contributed by atoms with van der Waals surface area (Å²) in [5.74, 6) is 0.626. The minimum absolute atomic E-state index is 0.278. The molecule has 1 aromatic rings. The third-order valence-electron chi connectivity index (χ3n) is 2.98. The molecule has 0 aromatic carbocycles. The van der Waals surface area contributed by atoms with Crippen molar-refractivity contribution < 1.29 is 0 Å². The van der Waals surface area contributed by atoms with Crippen LogP contribution in [-0.4, -0.2) is 12.6 Å². The van der Waals surface area contributed by atoms with E-state index >= 15 is 0 Å². The van der Waals surface area contributed by atoms with Crippen molar-refractivity contribution >= 4 is 11.3 Å². The van der Waals surface area contributed by atoms with Gasteiger partial charge in [0, 0.05) is 28.9 Å². The second-order valence-corrected chi connectivity index (χ2v) is 5.65. The van der Waals surface area contributed by atoms with Gasteiger partial charge in [-0.1, -0.05) is 19.1 Å². The van der Waals surface area contributed by atoms with E-state index in [9.17, 15) is 0 Å². The highest BCUT2D eigenvalue weighted by Crippen LogP contribution is 2.18. The molecule has 0 saturated heterocycles. The van der Waals surface area contributed by atoms with Gasteiger partial charge in [-0.3, -0.25) is 0 Å². The first kappa shape index (κ1) is 11.8. The Labute approximate surface area is 102 Å². The number of rotatable bonds is 5. The molecule has 1 aliphatic carbocycles. The summed E-state index contributed by atoms with van der Waals surface area (Å²) >= 11 is 1.91. The number of nitrogens with one attached hydrogen (secondary N) is 1. The monoisotopic (exact) mass is 236 g/mol. The number of aryl methyl sites for hydroxylation is 1. The second-order valence-electron chi connectivity index (χ2n) is 4.40. The van der Waals surface area contributed by atoms with Gasteiger partial charge >= 0.3 is 0 Å². The maximum Gasteiger partial charge on any atom is 0.0300 e. The third-order valence-corrected chi connectivity index (χ3v) is 4.21. The quantitative estimate of drug-likeness (QED) is 0.770. The lowest BCUT2D eigenvalue weighted by Crippen LogP contribution is -2.23. The van der Waals surface area contributed by atoms with Crippen molar-refractivity contribution in [2.45, 2.75) is 32.4 Å². The minimum Gasteiger partial charge on any atom is -0.324 e. The van der Waals surface area contributed by atoms with Crippen molar-refractivity contribution in [2.24, 2.45) is 11.7 Å². The van der Waals surface area contributed by atoms with Gasteiger partial charge in [0.1, 0.15) is 0 Å². The molecule has 0 saturated carbocycles. The standard InChI is InChI=1S/C13H20N2S/c1-2-12-5-6-13(16-12)9-15-8-10-3-4-11(14)7-10/h3-6,10-11,15H,2,7-9,14H2,1H3. The van der Waals surface area contributed by atoms with Crippen LogP contribution in [0.15, 0.2) is 24.3 Å². The van der Waals surface area contributed by atoms with Crippen molar-refractivity contribution in [2.75, 3.05) is 6.54 Å². The smallest absolute Gasteiger partial charge is 0.0300 e. The topological polar surface area (TPSA) is 38.0 Å². The summed E-state index contributed by atoms with van der Waals surface area (Å²) in [4.78, 5) is 2.91. The van der Waals surface area contributed by atoms with Crippen LogP contribution in [0.4, 0.5) is 0 Å². The number of thiophene rings is 1. The molecule has 88 valence electrons. The summed E-state index contributed by atoms with van der Waals surface area (Å²) in [5, 5.41) is 3.51.